The van der Waals surface area contributed by atoms with Crippen molar-refractivity contribution in [1.29, 1.82) is 0 Å². The first-order valence-electron chi connectivity index (χ1n) is 4.31. The molecule has 1 aromatic carbocycles. The standard InChI is InChI=1S/C11H15N/c1-3-4-6-10-7-5-8-11(9-10)12-2/h4-9,12H,3H2,1-2H3/b6-4+. The van der Waals surface area contributed by atoms with Gasteiger partial charge < -0.3 is 5.32 Å². The van der Waals surface area contributed by atoms with Crippen LogP contribution in [-0.4, -0.2) is 7.05 Å². The molecule has 1 nitrogen and oxygen atoms in total. The molecule has 0 aliphatic rings. The molecule has 0 unspecified atom stereocenters. The van der Waals surface area contributed by atoms with E-state index in [0.29, 0.717) is 0 Å². The van der Waals surface area contributed by atoms with Gasteiger partial charge in [-0.25, -0.2) is 0 Å². The number of nitrogens with one attached hydrogen (secondary N) is 1. The van der Waals surface area contributed by atoms with Crippen molar-refractivity contribution >= 4 is 11.8 Å². The molecule has 0 saturated heterocycles. The highest BCUT2D eigenvalue weighted by Crippen LogP contribution is 2.10. The quantitative estimate of drug-likeness (QED) is 0.718. The second kappa shape index (κ2) is 4.60. The summed E-state index contributed by atoms with van der Waals surface area (Å²) in [5.74, 6) is 0. The summed E-state index contributed by atoms with van der Waals surface area (Å²) in [5, 5.41) is 3.11. The van der Waals surface area contributed by atoms with E-state index in [9.17, 15) is 0 Å². The largest absolute Gasteiger partial charge is 0.388 e. The Bertz CT molecular complexity index is 263. The lowest BCUT2D eigenvalue weighted by molar-refractivity contribution is 1.23. The van der Waals surface area contributed by atoms with Crippen LogP contribution in [0.2, 0.25) is 0 Å². The third kappa shape index (κ3) is 2.42. The van der Waals surface area contributed by atoms with E-state index in [0.717, 1.165) is 12.1 Å². The van der Waals surface area contributed by atoms with Gasteiger partial charge in [0.25, 0.3) is 0 Å². The highest BCUT2D eigenvalue weighted by atomic mass is 14.8. The van der Waals surface area contributed by atoms with Crippen molar-refractivity contribution in [3.63, 3.8) is 0 Å². The van der Waals surface area contributed by atoms with Gasteiger partial charge in [-0.15, -0.1) is 0 Å². The zero-order valence-corrected chi connectivity index (χ0v) is 7.67. The minimum atomic E-state index is 1.09. The fourth-order valence-electron chi connectivity index (χ4n) is 1.05. The van der Waals surface area contributed by atoms with Crippen molar-refractivity contribution in [1.82, 2.24) is 0 Å². The van der Waals surface area contributed by atoms with Gasteiger partial charge in [0.1, 0.15) is 0 Å². The van der Waals surface area contributed by atoms with Crippen LogP contribution in [0.1, 0.15) is 18.9 Å². The maximum Gasteiger partial charge on any atom is 0.0343 e. The molecule has 0 aromatic heterocycles. The molecule has 0 amide bonds. The third-order valence-electron chi connectivity index (χ3n) is 1.72. The summed E-state index contributed by atoms with van der Waals surface area (Å²) < 4.78 is 0. The lowest BCUT2D eigenvalue weighted by Gasteiger charge is -1.99. The van der Waals surface area contributed by atoms with Gasteiger partial charge in [0, 0.05) is 12.7 Å². The van der Waals surface area contributed by atoms with E-state index in [4.69, 9.17) is 0 Å². The Kier molecular flexibility index (Phi) is 3.39. The smallest absolute Gasteiger partial charge is 0.0343 e. The fourth-order valence-corrected chi connectivity index (χ4v) is 1.05. The molecule has 0 spiro atoms. The van der Waals surface area contributed by atoms with Crippen molar-refractivity contribution in [2.75, 3.05) is 12.4 Å². The van der Waals surface area contributed by atoms with Crippen LogP contribution in [0.3, 0.4) is 0 Å². The van der Waals surface area contributed by atoms with Crippen LogP contribution in [0.25, 0.3) is 6.08 Å². The first kappa shape index (κ1) is 8.85. The maximum absolute atomic E-state index is 3.11. The monoisotopic (exact) mass is 161 g/mol. The molecular formula is C11H15N. The first-order chi connectivity index (χ1) is 5.86. The average Bonchev–Trinajstić information content (AvgIpc) is 2.15. The number of hydrogen-bond donors (Lipinski definition) is 1. The van der Waals surface area contributed by atoms with E-state index < -0.39 is 0 Å². The molecule has 0 saturated carbocycles. The minimum absolute atomic E-state index is 1.09. The molecule has 0 atom stereocenters. The molecule has 0 radical (unpaired) electrons. The van der Waals surface area contributed by atoms with Crippen LogP contribution in [-0.2, 0) is 0 Å². The molecular weight excluding hydrogens is 146 g/mol. The normalized spacial score (nSPS) is 10.5. The first-order valence-corrected chi connectivity index (χ1v) is 4.31. The predicted octanol–water partition coefficient (Wildman–Crippen LogP) is 3.15. The summed E-state index contributed by atoms with van der Waals surface area (Å²) in [6, 6.07) is 8.35. The Balaban J connectivity index is 2.79. The van der Waals surface area contributed by atoms with Gasteiger partial charge in [-0.1, -0.05) is 31.2 Å². The molecule has 0 heterocycles. The molecule has 0 bridgehead atoms. The van der Waals surface area contributed by atoms with E-state index in [1.54, 1.807) is 0 Å². The summed E-state index contributed by atoms with van der Waals surface area (Å²) in [6.07, 6.45) is 5.39. The minimum Gasteiger partial charge on any atom is -0.388 e. The second-order valence-corrected chi connectivity index (χ2v) is 2.69. The summed E-state index contributed by atoms with van der Waals surface area (Å²) in [7, 11) is 1.93. The van der Waals surface area contributed by atoms with E-state index in [1.807, 2.05) is 7.05 Å². The van der Waals surface area contributed by atoms with Crippen LogP contribution in [0.5, 0.6) is 0 Å². The van der Waals surface area contributed by atoms with Crippen molar-refractivity contribution in [3.8, 4) is 0 Å². The Morgan fingerprint density at radius 2 is 2.25 bits per heavy atom. The molecule has 1 rings (SSSR count). The van der Waals surface area contributed by atoms with Crippen LogP contribution in [0, 0.1) is 0 Å². The van der Waals surface area contributed by atoms with Crippen LogP contribution >= 0.6 is 0 Å². The number of rotatable bonds is 3. The Hall–Kier alpha value is -1.24. The Morgan fingerprint density at radius 3 is 2.92 bits per heavy atom. The van der Waals surface area contributed by atoms with Gasteiger partial charge >= 0.3 is 0 Å². The zero-order chi connectivity index (χ0) is 8.81. The van der Waals surface area contributed by atoms with Gasteiger partial charge in [0.05, 0.1) is 0 Å². The Morgan fingerprint density at radius 1 is 1.42 bits per heavy atom. The molecule has 1 heteroatoms. The van der Waals surface area contributed by atoms with E-state index >= 15 is 0 Å². The number of benzene rings is 1. The fraction of sp³-hybridized carbons (Fsp3) is 0.273. The maximum atomic E-state index is 3.11. The topological polar surface area (TPSA) is 12.0 Å². The molecule has 1 aromatic rings. The molecule has 1 N–H and O–H groups in total. The molecule has 0 aliphatic carbocycles. The molecule has 64 valence electrons. The molecule has 0 aliphatic heterocycles. The van der Waals surface area contributed by atoms with Gasteiger partial charge in [-0.3, -0.25) is 0 Å². The molecule has 0 fully saturated rings. The highest BCUT2D eigenvalue weighted by molar-refractivity contribution is 5.56. The highest BCUT2D eigenvalue weighted by Gasteiger charge is 1.88. The summed E-state index contributed by atoms with van der Waals surface area (Å²) in [5.41, 5.74) is 2.41. The van der Waals surface area contributed by atoms with Crippen molar-refractivity contribution in [3.05, 3.63) is 35.9 Å². The van der Waals surface area contributed by atoms with Crippen LogP contribution in [0.15, 0.2) is 30.3 Å². The second-order valence-electron chi connectivity index (χ2n) is 2.69. The lowest BCUT2D eigenvalue weighted by Crippen LogP contribution is -1.86. The van der Waals surface area contributed by atoms with Crippen molar-refractivity contribution in [2.24, 2.45) is 0 Å². The van der Waals surface area contributed by atoms with E-state index in [1.165, 1.54) is 5.56 Å². The SMILES string of the molecule is CC/C=C/c1cccc(NC)c1. The van der Waals surface area contributed by atoms with Gasteiger partial charge in [0.15, 0.2) is 0 Å². The van der Waals surface area contributed by atoms with Gasteiger partial charge in [0.2, 0.25) is 0 Å². The van der Waals surface area contributed by atoms with Crippen molar-refractivity contribution < 1.29 is 0 Å². The van der Waals surface area contributed by atoms with Crippen LogP contribution in [0.4, 0.5) is 5.69 Å². The average molecular weight is 161 g/mol. The summed E-state index contributed by atoms with van der Waals surface area (Å²) in [4.78, 5) is 0. The summed E-state index contributed by atoms with van der Waals surface area (Å²) >= 11 is 0. The van der Waals surface area contributed by atoms with Crippen LogP contribution < -0.4 is 5.32 Å². The van der Waals surface area contributed by atoms with E-state index in [-0.39, 0.29) is 0 Å². The molecule has 12 heavy (non-hydrogen) atoms. The van der Waals surface area contributed by atoms with E-state index in [2.05, 4.69) is 48.7 Å². The van der Waals surface area contributed by atoms with Crippen molar-refractivity contribution in [2.45, 2.75) is 13.3 Å². The number of hydrogen-bond acceptors (Lipinski definition) is 1. The van der Waals surface area contributed by atoms with Gasteiger partial charge in [-0.2, -0.15) is 0 Å². The third-order valence-corrected chi connectivity index (χ3v) is 1.72. The Labute approximate surface area is 74.1 Å². The predicted molar refractivity (Wildman–Crippen MR) is 55.3 cm³/mol. The number of allylic oxidation sites excluding steroid dienone is 1. The summed E-state index contributed by atoms with van der Waals surface area (Å²) in [6.45, 7) is 2.14. The zero-order valence-electron chi connectivity index (χ0n) is 7.67. The lowest BCUT2D eigenvalue weighted by atomic mass is 10.2. The number of anilines is 1. The van der Waals surface area contributed by atoms with Gasteiger partial charge in [-0.05, 0) is 24.1 Å².